The van der Waals surface area contributed by atoms with Gasteiger partial charge in [0, 0.05) is 38.2 Å². The second-order valence-corrected chi connectivity index (χ2v) is 7.56. The molecule has 5 heteroatoms. The largest absolute Gasteiger partial charge is 0.444 e. The van der Waals surface area contributed by atoms with Crippen LogP contribution in [0.1, 0.15) is 46.5 Å². The summed E-state index contributed by atoms with van der Waals surface area (Å²) in [6.07, 6.45) is 4.35. The number of hydrogen-bond donors (Lipinski definition) is 1. The van der Waals surface area contributed by atoms with Gasteiger partial charge in [-0.1, -0.05) is 0 Å². The molecule has 2 aliphatic rings. The normalized spacial score (nSPS) is 22.2. The number of carbonyl (C=O) groups excluding carboxylic acids is 1. The zero-order valence-electron chi connectivity index (χ0n) is 13.9. The van der Waals surface area contributed by atoms with Gasteiger partial charge in [0.05, 0.1) is 6.61 Å². The van der Waals surface area contributed by atoms with E-state index in [0.717, 1.165) is 39.1 Å². The summed E-state index contributed by atoms with van der Waals surface area (Å²) in [7, 11) is 1.76. The van der Waals surface area contributed by atoms with E-state index in [1.807, 2.05) is 25.7 Å². The monoisotopic (exact) mass is 298 g/mol. The van der Waals surface area contributed by atoms with Gasteiger partial charge < -0.3 is 19.7 Å². The summed E-state index contributed by atoms with van der Waals surface area (Å²) in [5.74, 6) is 0. The third-order valence-corrected chi connectivity index (χ3v) is 4.27. The smallest absolute Gasteiger partial charge is 0.410 e. The Labute approximate surface area is 128 Å². The average Bonchev–Trinajstić information content (AvgIpc) is 3.20. The summed E-state index contributed by atoms with van der Waals surface area (Å²) in [4.78, 5) is 13.9. The maximum absolute atomic E-state index is 12.1. The van der Waals surface area contributed by atoms with E-state index < -0.39 is 5.60 Å². The molecule has 0 aromatic heterocycles. The van der Waals surface area contributed by atoms with Crippen LogP contribution in [-0.2, 0) is 9.47 Å². The average molecular weight is 298 g/mol. The van der Waals surface area contributed by atoms with Gasteiger partial charge in [0.25, 0.3) is 0 Å². The van der Waals surface area contributed by atoms with Gasteiger partial charge in [-0.25, -0.2) is 4.79 Å². The second kappa shape index (κ2) is 6.53. The fourth-order valence-corrected chi connectivity index (χ4v) is 2.82. The molecule has 0 radical (unpaired) electrons. The molecule has 1 heterocycles. The van der Waals surface area contributed by atoms with E-state index in [1.54, 1.807) is 7.11 Å². The standard InChI is InChI=1S/C16H30N2O3/c1-15(2,3)21-14(19)18-9-7-16(8-10-18,12-20-4)11-17-13-5-6-13/h13,17H,5-12H2,1-4H3. The van der Waals surface area contributed by atoms with Crippen molar-refractivity contribution in [1.82, 2.24) is 10.2 Å². The van der Waals surface area contributed by atoms with Crippen molar-refractivity contribution in [2.45, 2.75) is 58.1 Å². The molecule has 1 aliphatic heterocycles. The van der Waals surface area contributed by atoms with Crippen LogP contribution in [0.5, 0.6) is 0 Å². The Kier molecular flexibility index (Phi) is 5.15. The lowest BCUT2D eigenvalue weighted by Crippen LogP contribution is -2.50. The molecule has 0 bridgehead atoms. The Morgan fingerprint density at radius 2 is 1.90 bits per heavy atom. The van der Waals surface area contributed by atoms with Gasteiger partial charge in [0.15, 0.2) is 0 Å². The van der Waals surface area contributed by atoms with Crippen molar-refractivity contribution in [3.05, 3.63) is 0 Å². The fraction of sp³-hybridized carbons (Fsp3) is 0.938. The molecular weight excluding hydrogens is 268 g/mol. The molecule has 1 aliphatic carbocycles. The molecule has 1 saturated heterocycles. The SMILES string of the molecule is COCC1(CNC2CC2)CCN(C(=O)OC(C)(C)C)CC1. The number of rotatable bonds is 5. The lowest BCUT2D eigenvalue weighted by molar-refractivity contribution is -0.00664. The van der Waals surface area contributed by atoms with Crippen LogP contribution >= 0.6 is 0 Å². The Morgan fingerprint density at radius 1 is 1.29 bits per heavy atom. The molecule has 5 nitrogen and oxygen atoms in total. The Bertz CT molecular complexity index is 353. The molecule has 122 valence electrons. The molecule has 1 saturated carbocycles. The van der Waals surface area contributed by atoms with Crippen molar-refractivity contribution in [3.63, 3.8) is 0 Å². The van der Waals surface area contributed by atoms with Crippen LogP contribution in [0.4, 0.5) is 4.79 Å². The molecule has 2 rings (SSSR count). The zero-order chi connectivity index (χ0) is 15.5. The maximum atomic E-state index is 12.1. The third kappa shape index (κ3) is 5.15. The Morgan fingerprint density at radius 3 is 2.38 bits per heavy atom. The van der Waals surface area contributed by atoms with Gasteiger partial charge in [0.2, 0.25) is 0 Å². The number of methoxy groups -OCH3 is 1. The third-order valence-electron chi connectivity index (χ3n) is 4.27. The van der Waals surface area contributed by atoms with Crippen molar-refractivity contribution in [1.29, 1.82) is 0 Å². The van der Waals surface area contributed by atoms with E-state index in [2.05, 4.69) is 5.32 Å². The van der Waals surface area contributed by atoms with Crippen LogP contribution < -0.4 is 5.32 Å². The van der Waals surface area contributed by atoms with Crippen molar-refractivity contribution in [2.75, 3.05) is 33.4 Å². The second-order valence-electron chi connectivity index (χ2n) is 7.56. The minimum absolute atomic E-state index is 0.163. The lowest BCUT2D eigenvalue weighted by atomic mass is 9.79. The van der Waals surface area contributed by atoms with E-state index >= 15 is 0 Å². The number of likely N-dealkylation sites (tertiary alicyclic amines) is 1. The summed E-state index contributed by atoms with van der Waals surface area (Å²) < 4.78 is 10.9. The van der Waals surface area contributed by atoms with Gasteiger partial charge in [-0.2, -0.15) is 0 Å². The number of piperidine rings is 1. The number of nitrogens with zero attached hydrogens (tertiary/aromatic N) is 1. The number of carbonyl (C=O) groups is 1. The lowest BCUT2D eigenvalue weighted by Gasteiger charge is -2.41. The van der Waals surface area contributed by atoms with Gasteiger partial charge in [0.1, 0.15) is 5.60 Å². The summed E-state index contributed by atoms with van der Waals surface area (Å²) in [5, 5.41) is 3.62. The highest BCUT2D eigenvalue weighted by molar-refractivity contribution is 5.68. The van der Waals surface area contributed by atoms with E-state index in [4.69, 9.17) is 9.47 Å². The van der Waals surface area contributed by atoms with E-state index in [1.165, 1.54) is 12.8 Å². The Hall–Kier alpha value is -0.810. The first-order valence-corrected chi connectivity index (χ1v) is 8.04. The molecule has 0 atom stereocenters. The molecule has 0 aromatic carbocycles. The van der Waals surface area contributed by atoms with E-state index in [9.17, 15) is 4.79 Å². The van der Waals surface area contributed by atoms with Gasteiger partial charge in [-0.3, -0.25) is 0 Å². The summed E-state index contributed by atoms with van der Waals surface area (Å²) in [5.41, 5.74) is -0.262. The number of ether oxygens (including phenoxy) is 2. The first-order chi connectivity index (χ1) is 9.84. The molecule has 21 heavy (non-hydrogen) atoms. The molecule has 1 N–H and O–H groups in total. The molecule has 1 amide bonds. The first kappa shape index (κ1) is 16.6. The zero-order valence-corrected chi connectivity index (χ0v) is 13.9. The highest BCUT2D eigenvalue weighted by Gasteiger charge is 2.38. The van der Waals surface area contributed by atoms with Crippen molar-refractivity contribution >= 4 is 6.09 Å². The predicted molar refractivity (Wildman–Crippen MR) is 82.4 cm³/mol. The first-order valence-electron chi connectivity index (χ1n) is 8.04. The number of hydrogen-bond acceptors (Lipinski definition) is 4. The van der Waals surface area contributed by atoms with Crippen LogP contribution in [0.3, 0.4) is 0 Å². The van der Waals surface area contributed by atoms with E-state index in [-0.39, 0.29) is 11.5 Å². The highest BCUT2D eigenvalue weighted by atomic mass is 16.6. The van der Waals surface area contributed by atoms with Crippen LogP contribution in [0, 0.1) is 5.41 Å². The van der Waals surface area contributed by atoms with Crippen LogP contribution in [0.2, 0.25) is 0 Å². The topological polar surface area (TPSA) is 50.8 Å². The summed E-state index contributed by atoms with van der Waals surface area (Å²) in [6.45, 7) is 8.98. The highest BCUT2D eigenvalue weighted by Crippen LogP contribution is 2.33. The fourth-order valence-electron chi connectivity index (χ4n) is 2.82. The van der Waals surface area contributed by atoms with Crippen molar-refractivity contribution in [3.8, 4) is 0 Å². The quantitative estimate of drug-likeness (QED) is 0.847. The van der Waals surface area contributed by atoms with Crippen molar-refractivity contribution in [2.24, 2.45) is 5.41 Å². The minimum Gasteiger partial charge on any atom is -0.444 e. The predicted octanol–water partition coefficient (Wildman–Crippen LogP) is 2.40. The molecular formula is C16H30N2O3. The van der Waals surface area contributed by atoms with E-state index in [0.29, 0.717) is 6.04 Å². The van der Waals surface area contributed by atoms with Gasteiger partial charge in [-0.15, -0.1) is 0 Å². The van der Waals surface area contributed by atoms with Crippen molar-refractivity contribution < 1.29 is 14.3 Å². The summed E-state index contributed by atoms with van der Waals surface area (Å²) in [6, 6.07) is 0.711. The van der Waals surface area contributed by atoms with Crippen LogP contribution in [0.25, 0.3) is 0 Å². The molecule has 2 fully saturated rings. The minimum atomic E-state index is -0.425. The van der Waals surface area contributed by atoms with Gasteiger partial charge in [-0.05, 0) is 46.5 Å². The maximum Gasteiger partial charge on any atom is 0.410 e. The molecule has 0 spiro atoms. The van der Waals surface area contributed by atoms with Gasteiger partial charge >= 0.3 is 6.09 Å². The van der Waals surface area contributed by atoms with Crippen LogP contribution in [-0.4, -0.2) is 56.0 Å². The summed E-state index contributed by atoms with van der Waals surface area (Å²) >= 11 is 0. The molecule has 0 unspecified atom stereocenters. The number of nitrogens with one attached hydrogen (secondary N) is 1. The van der Waals surface area contributed by atoms with Crippen LogP contribution in [0.15, 0.2) is 0 Å². The Balaban J connectivity index is 1.84. The molecule has 0 aromatic rings. The number of amides is 1.